The zero-order valence-corrected chi connectivity index (χ0v) is 15.7. The molecule has 142 valence electrons. The van der Waals surface area contributed by atoms with Crippen LogP contribution in [-0.4, -0.2) is 38.8 Å². The van der Waals surface area contributed by atoms with Crippen molar-refractivity contribution in [3.05, 3.63) is 54.7 Å². The van der Waals surface area contributed by atoms with Crippen molar-refractivity contribution in [3.8, 4) is 17.3 Å². The van der Waals surface area contributed by atoms with Gasteiger partial charge in [0.15, 0.2) is 11.5 Å². The van der Waals surface area contributed by atoms with Gasteiger partial charge in [-0.1, -0.05) is 18.6 Å². The maximum Gasteiger partial charge on any atom is 0.187 e. The van der Waals surface area contributed by atoms with Crippen molar-refractivity contribution >= 4 is 16.6 Å². The number of aromatic nitrogens is 4. The van der Waals surface area contributed by atoms with Gasteiger partial charge < -0.3 is 10.1 Å². The highest BCUT2D eigenvalue weighted by molar-refractivity contribution is 5.82. The molecule has 0 bridgehead atoms. The molecule has 6 heteroatoms. The molecule has 6 nitrogen and oxygen atoms in total. The predicted octanol–water partition coefficient (Wildman–Crippen LogP) is 3.86. The number of pyridine rings is 2. The van der Waals surface area contributed by atoms with E-state index in [1.165, 1.54) is 19.3 Å². The van der Waals surface area contributed by atoms with E-state index in [2.05, 4.69) is 27.6 Å². The molecule has 1 fully saturated rings. The Balaban J connectivity index is 1.33. The molecule has 0 saturated carbocycles. The Hall–Kier alpha value is -2.99. The molecule has 4 heterocycles. The molecule has 1 saturated heterocycles. The molecule has 28 heavy (non-hydrogen) atoms. The van der Waals surface area contributed by atoms with Crippen LogP contribution in [0, 0.1) is 0 Å². The smallest absolute Gasteiger partial charge is 0.187 e. The molecule has 5 rings (SSSR count). The highest BCUT2D eigenvalue weighted by Gasteiger charge is 2.13. The van der Waals surface area contributed by atoms with Crippen LogP contribution >= 0.6 is 0 Å². The van der Waals surface area contributed by atoms with E-state index >= 15 is 0 Å². The van der Waals surface area contributed by atoms with E-state index in [9.17, 15) is 0 Å². The van der Waals surface area contributed by atoms with Gasteiger partial charge in [-0.15, -0.1) is 10.2 Å². The van der Waals surface area contributed by atoms with Gasteiger partial charge in [-0.2, -0.15) is 0 Å². The molecule has 1 aliphatic heterocycles. The zero-order chi connectivity index (χ0) is 18.8. The Morgan fingerprint density at radius 3 is 3.00 bits per heavy atom. The monoisotopic (exact) mass is 373 g/mol. The number of hydrogen-bond acceptors (Lipinski definition) is 5. The van der Waals surface area contributed by atoms with Gasteiger partial charge in [0.1, 0.15) is 11.4 Å². The number of rotatable bonds is 5. The van der Waals surface area contributed by atoms with Gasteiger partial charge in [0.05, 0.1) is 12.1 Å². The van der Waals surface area contributed by atoms with Crippen LogP contribution in [0.1, 0.15) is 25.7 Å². The Morgan fingerprint density at radius 2 is 2.07 bits per heavy atom. The summed E-state index contributed by atoms with van der Waals surface area (Å²) in [4.78, 5) is 4.77. The van der Waals surface area contributed by atoms with E-state index in [1.807, 2.05) is 47.0 Å². The third-order valence-electron chi connectivity index (χ3n) is 5.35. The first-order valence-electron chi connectivity index (χ1n) is 9.94. The third kappa shape index (κ3) is 3.43. The molecule has 1 aliphatic rings. The van der Waals surface area contributed by atoms with Crippen LogP contribution < -0.4 is 10.1 Å². The molecule has 1 unspecified atom stereocenters. The summed E-state index contributed by atoms with van der Waals surface area (Å²) in [5.74, 6) is 1.64. The number of hydrogen-bond donors (Lipinski definition) is 1. The van der Waals surface area contributed by atoms with Crippen molar-refractivity contribution in [2.75, 3.05) is 13.2 Å². The lowest BCUT2D eigenvalue weighted by atomic mass is 10.0. The van der Waals surface area contributed by atoms with Crippen LogP contribution in [-0.2, 0) is 0 Å². The molecule has 0 amide bonds. The standard InChI is InChI=1S/C22H23N5O/c1-3-12-23-17(5-1)11-14-28-18-8-10-19-16(15-18)7-9-20(24-19)22-26-25-21-6-2-4-13-27(21)22/h2,4,6-10,13,15,17,23H,1,3,5,11-12,14H2. The number of piperidine rings is 1. The number of benzene rings is 1. The molecular formula is C22H23N5O. The zero-order valence-electron chi connectivity index (χ0n) is 15.7. The van der Waals surface area contributed by atoms with Gasteiger partial charge in [-0.25, -0.2) is 4.98 Å². The lowest BCUT2D eigenvalue weighted by Crippen LogP contribution is -2.35. The number of nitrogens with one attached hydrogen (secondary N) is 1. The summed E-state index contributed by atoms with van der Waals surface area (Å²) in [6, 6.07) is 16.6. The second kappa shape index (κ2) is 7.56. The average molecular weight is 373 g/mol. The number of ether oxygens (including phenoxy) is 1. The van der Waals surface area contributed by atoms with Crippen LogP contribution in [0.5, 0.6) is 5.75 Å². The third-order valence-corrected chi connectivity index (χ3v) is 5.35. The molecule has 4 aromatic rings. The summed E-state index contributed by atoms with van der Waals surface area (Å²) in [7, 11) is 0. The summed E-state index contributed by atoms with van der Waals surface area (Å²) in [6.07, 6.45) is 6.87. The highest BCUT2D eigenvalue weighted by atomic mass is 16.5. The van der Waals surface area contributed by atoms with Crippen molar-refractivity contribution in [1.29, 1.82) is 0 Å². The molecule has 0 spiro atoms. The largest absolute Gasteiger partial charge is 0.494 e. The fraction of sp³-hybridized carbons (Fsp3) is 0.318. The molecule has 1 aromatic carbocycles. The average Bonchev–Trinajstić information content (AvgIpc) is 3.18. The summed E-state index contributed by atoms with van der Waals surface area (Å²) in [5.41, 5.74) is 2.55. The van der Waals surface area contributed by atoms with Crippen LogP contribution in [0.15, 0.2) is 54.7 Å². The van der Waals surface area contributed by atoms with E-state index in [-0.39, 0.29) is 0 Å². The summed E-state index contributed by atoms with van der Waals surface area (Å²) < 4.78 is 7.93. The van der Waals surface area contributed by atoms with Crippen molar-refractivity contribution < 1.29 is 4.74 Å². The number of nitrogens with zero attached hydrogens (tertiary/aromatic N) is 4. The minimum atomic E-state index is 0.594. The van der Waals surface area contributed by atoms with Crippen LogP contribution in [0.25, 0.3) is 28.1 Å². The van der Waals surface area contributed by atoms with Crippen LogP contribution in [0.3, 0.4) is 0 Å². The Labute approximate surface area is 163 Å². The molecule has 1 N–H and O–H groups in total. The SMILES string of the molecule is c1ccn2c(-c3ccc4cc(OCCC5CCCCN5)ccc4n3)nnc2c1. The van der Waals surface area contributed by atoms with Gasteiger partial charge in [0, 0.05) is 17.6 Å². The van der Waals surface area contributed by atoms with Gasteiger partial charge in [0.25, 0.3) is 0 Å². The summed E-state index contributed by atoms with van der Waals surface area (Å²) >= 11 is 0. The fourth-order valence-electron chi connectivity index (χ4n) is 3.82. The first-order valence-corrected chi connectivity index (χ1v) is 9.94. The van der Waals surface area contributed by atoms with Gasteiger partial charge >= 0.3 is 0 Å². The minimum absolute atomic E-state index is 0.594. The van der Waals surface area contributed by atoms with E-state index < -0.39 is 0 Å². The maximum atomic E-state index is 5.98. The first kappa shape index (κ1) is 17.1. The molecule has 0 aliphatic carbocycles. The second-order valence-corrected chi connectivity index (χ2v) is 7.29. The summed E-state index contributed by atoms with van der Waals surface area (Å²) in [6.45, 7) is 1.87. The molecular weight excluding hydrogens is 350 g/mol. The van der Waals surface area contributed by atoms with E-state index in [1.54, 1.807) is 0 Å². The second-order valence-electron chi connectivity index (χ2n) is 7.29. The molecule has 0 radical (unpaired) electrons. The normalized spacial score (nSPS) is 17.2. The van der Waals surface area contributed by atoms with E-state index in [4.69, 9.17) is 9.72 Å². The van der Waals surface area contributed by atoms with E-state index in [0.717, 1.165) is 53.4 Å². The Bertz CT molecular complexity index is 1100. The van der Waals surface area contributed by atoms with Crippen molar-refractivity contribution in [2.24, 2.45) is 0 Å². The number of fused-ring (bicyclic) bond motifs is 2. The Morgan fingerprint density at radius 1 is 1.07 bits per heavy atom. The van der Waals surface area contributed by atoms with Crippen molar-refractivity contribution in [2.45, 2.75) is 31.7 Å². The van der Waals surface area contributed by atoms with E-state index in [0.29, 0.717) is 6.04 Å². The van der Waals surface area contributed by atoms with Gasteiger partial charge in [0.2, 0.25) is 0 Å². The van der Waals surface area contributed by atoms with Crippen molar-refractivity contribution in [1.82, 2.24) is 24.9 Å². The first-order chi connectivity index (χ1) is 13.9. The van der Waals surface area contributed by atoms with Crippen molar-refractivity contribution in [3.63, 3.8) is 0 Å². The molecule has 1 atom stereocenters. The lowest BCUT2D eigenvalue weighted by molar-refractivity contribution is 0.268. The quantitative estimate of drug-likeness (QED) is 0.576. The van der Waals surface area contributed by atoms with Crippen LogP contribution in [0.4, 0.5) is 0 Å². The lowest BCUT2D eigenvalue weighted by Gasteiger charge is -2.23. The van der Waals surface area contributed by atoms with Gasteiger partial charge in [-0.3, -0.25) is 4.40 Å². The molecule has 3 aromatic heterocycles. The predicted molar refractivity (Wildman–Crippen MR) is 109 cm³/mol. The minimum Gasteiger partial charge on any atom is -0.494 e. The highest BCUT2D eigenvalue weighted by Crippen LogP contribution is 2.24. The topological polar surface area (TPSA) is 64.3 Å². The fourth-order valence-corrected chi connectivity index (χ4v) is 3.82. The van der Waals surface area contributed by atoms with Gasteiger partial charge in [-0.05, 0) is 62.2 Å². The summed E-state index contributed by atoms with van der Waals surface area (Å²) in [5, 5.41) is 13.1. The maximum absolute atomic E-state index is 5.98. The Kier molecular flexibility index (Phi) is 4.62. The van der Waals surface area contributed by atoms with Crippen LogP contribution in [0.2, 0.25) is 0 Å².